The van der Waals surface area contributed by atoms with Gasteiger partial charge in [-0.3, -0.25) is 4.79 Å². The molecule has 0 fully saturated rings. The van der Waals surface area contributed by atoms with Gasteiger partial charge in [0.1, 0.15) is 0 Å². The molecule has 0 bridgehead atoms. The van der Waals surface area contributed by atoms with Crippen molar-refractivity contribution in [1.29, 1.82) is 0 Å². The van der Waals surface area contributed by atoms with Gasteiger partial charge in [-0.05, 0) is 36.0 Å². The number of likely N-dealkylation sites (N-methyl/N-ethyl adjacent to an activating group) is 1. The van der Waals surface area contributed by atoms with Gasteiger partial charge in [0.2, 0.25) is 5.91 Å². The Morgan fingerprint density at radius 1 is 1.30 bits per heavy atom. The lowest BCUT2D eigenvalue weighted by Gasteiger charge is -2.27. The molecule has 0 radical (unpaired) electrons. The number of carbonyl (C=O) groups excluding carboxylic acids is 1. The maximum Gasteiger partial charge on any atom is 0.234 e. The zero-order chi connectivity index (χ0) is 15.1. The molecule has 3 nitrogen and oxygen atoms in total. The molecule has 3 heteroatoms. The first-order valence-electron chi connectivity index (χ1n) is 7.44. The molecule has 0 aliphatic carbocycles. The van der Waals surface area contributed by atoms with Crippen LogP contribution in [0.3, 0.4) is 0 Å². The van der Waals surface area contributed by atoms with E-state index in [4.69, 9.17) is 0 Å². The lowest BCUT2D eigenvalue weighted by molar-refractivity contribution is -0.119. The van der Waals surface area contributed by atoms with E-state index in [-0.39, 0.29) is 17.2 Å². The van der Waals surface area contributed by atoms with Crippen LogP contribution in [0, 0.1) is 5.41 Å². The maximum atomic E-state index is 12.4. The summed E-state index contributed by atoms with van der Waals surface area (Å²) in [5, 5.41) is 10.4. The molecule has 0 saturated heterocycles. The molecule has 1 amide bonds. The Bertz CT molecular complexity index is 516. The number of anilines is 1. The van der Waals surface area contributed by atoms with Gasteiger partial charge in [-0.1, -0.05) is 39.8 Å². The summed E-state index contributed by atoms with van der Waals surface area (Å²) >= 11 is 0. The van der Waals surface area contributed by atoms with Gasteiger partial charge in [-0.25, -0.2) is 0 Å². The van der Waals surface area contributed by atoms with Crippen LogP contribution >= 0.6 is 0 Å². The van der Waals surface area contributed by atoms with Gasteiger partial charge in [0.15, 0.2) is 0 Å². The Morgan fingerprint density at radius 2 is 1.95 bits per heavy atom. The predicted molar refractivity (Wildman–Crippen MR) is 81.9 cm³/mol. The average molecular weight is 275 g/mol. The summed E-state index contributed by atoms with van der Waals surface area (Å²) in [7, 11) is 0. The first kappa shape index (κ1) is 15.0. The largest absolute Gasteiger partial charge is 0.388 e. The summed E-state index contributed by atoms with van der Waals surface area (Å²) in [6.07, 6.45) is 0.285. The van der Waals surface area contributed by atoms with E-state index in [0.29, 0.717) is 6.54 Å². The molecule has 0 saturated carbocycles. The first-order chi connectivity index (χ1) is 9.31. The van der Waals surface area contributed by atoms with Crippen molar-refractivity contribution < 1.29 is 9.90 Å². The van der Waals surface area contributed by atoms with Crippen LogP contribution in [-0.2, 0) is 4.79 Å². The van der Waals surface area contributed by atoms with Crippen LogP contribution in [-0.4, -0.2) is 17.6 Å². The smallest absolute Gasteiger partial charge is 0.234 e. The van der Waals surface area contributed by atoms with Crippen molar-refractivity contribution in [2.75, 3.05) is 11.4 Å². The second-order valence-corrected chi connectivity index (χ2v) is 6.63. The molecule has 0 spiro atoms. The minimum atomic E-state index is -0.518. The van der Waals surface area contributed by atoms with Crippen molar-refractivity contribution in [3.8, 4) is 0 Å². The number of fused-ring (bicyclic) bond motifs is 1. The molecule has 1 heterocycles. The van der Waals surface area contributed by atoms with Gasteiger partial charge in [0.25, 0.3) is 0 Å². The van der Waals surface area contributed by atoms with Crippen LogP contribution in [0.4, 0.5) is 5.69 Å². The normalized spacial score (nSPS) is 20.2. The second kappa shape index (κ2) is 5.21. The molecule has 2 atom stereocenters. The number of nitrogens with zero attached hydrogens (tertiary/aromatic N) is 1. The fraction of sp³-hybridized carbons (Fsp3) is 0.588. The SMILES string of the molecule is CCC1C(=O)N(CC)c2ccc(C(O)C(C)(C)C)cc21. The van der Waals surface area contributed by atoms with E-state index in [1.165, 1.54) is 0 Å². The number of carbonyl (C=O) groups is 1. The number of hydrogen-bond donors (Lipinski definition) is 1. The summed E-state index contributed by atoms with van der Waals surface area (Å²) < 4.78 is 0. The minimum Gasteiger partial charge on any atom is -0.388 e. The molecule has 1 N–H and O–H groups in total. The number of amides is 1. The third-order valence-corrected chi connectivity index (χ3v) is 4.14. The van der Waals surface area contributed by atoms with Crippen molar-refractivity contribution >= 4 is 11.6 Å². The summed E-state index contributed by atoms with van der Waals surface area (Å²) in [5.74, 6) is 0.129. The summed E-state index contributed by atoms with van der Waals surface area (Å²) in [5.41, 5.74) is 2.78. The van der Waals surface area contributed by atoms with E-state index in [0.717, 1.165) is 23.2 Å². The van der Waals surface area contributed by atoms with Gasteiger partial charge in [-0.2, -0.15) is 0 Å². The predicted octanol–water partition coefficient (Wildman–Crippen LogP) is 3.63. The van der Waals surface area contributed by atoms with E-state index in [1.54, 1.807) is 0 Å². The Labute approximate surface area is 121 Å². The average Bonchev–Trinajstić information content (AvgIpc) is 2.66. The number of rotatable bonds is 3. The molecule has 1 aliphatic heterocycles. The van der Waals surface area contributed by atoms with Crippen LogP contribution < -0.4 is 4.90 Å². The zero-order valence-electron chi connectivity index (χ0n) is 13.1. The molecule has 1 aliphatic rings. The summed E-state index contributed by atoms with van der Waals surface area (Å²) in [6, 6.07) is 5.95. The standard InChI is InChI=1S/C17H25NO2/c1-6-12-13-10-11(15(19)17(3,4)5)8-9-14(13)18(7-2)16(12)20/h8-10,12,15,19H,6-7H2,1-5H3. The molecule has 2 unspecified atom stereocenters. The van der Waals surface area contributed by atoms with Crippen LogP contribution in [0.25, 0.3) is 0 Å². The van der Waals surface area contributed by atoms with Crippen molar-refractivity contribution in [2.45, 2.75) is 53.1 Å². The molecule has 0 aromatic heterocycles. The molecular weight excluding hydrogens is 250 g/mol. The van der Waals surface area contributed by atoms with Crippen molar-refractivity contribution in [3.63, 3.8) is 0 Å². The highest BCUT2D eigenvalue weighted by molar-refractivity contribution is 6.04. The van der Waals surface area contributed by atoms with E-state index in [1.807, 2.05) is 57.7 Å². The van der Waals surface area contributed by atoms with Crippen LogP contribution in [0.2, 0.25) is 0 Å². The van der Waals surface area contributed by atoms with Crippen molar-refractivity contribution in [3.05, 3.63) is 29.3 Å². The van der Waals surface area contributed by atoms with Gasteiger partial charge < -0.3 is 10.0 Å². The van der Waals surface area contributed by atoms with E-state index < -0.39 is 6.10 Å². The maximum absolute atomic E-state index is 12.4. The summed E-state index contributed by atoms with van der Waals surface area (Å²) in [6.45, 7) is 10.8. The Hall–Kier alpha value is -1.35. The Kier molecular flexibility index (Phi) is 3.92. The second-order valence-electron chi connectivity index (χ2n) is 6.63. The highest BCUT2D eigenvalue weighted by Crippen LogP contribution is 2.42. The van der Waals surface area contributed by atoms with Crippen LogP contribution in [0.5, 0.6) is 0 Å². The highest BCUT2D eigenvalue weighted by Gasteiger charge is 2.36. The topological polar surface area (TPSA) is 40.5 Å². The fourth-order valence-corrected chi connectivity index (χ4v) is 2.93. The van der Waals surface area contributed by atoms with Gasteiger partial charge >= 0.3 is 0 Å². The minimum absolute atomic E-state index is 0.0583. The zero-order valence-corrected chi connectivity index (χ0v) is 13.1. The van der Waals surface area contributed by atoms with Crippen molar-refractivity contribution in [2.24, 2.45) is 5.41 Å². The quantitative estimate of drug-likeness (QED) is 0.915. The Morgan fingerprint density at radius 3 is 2.45 bits per heavy atom. The lowest BCUT2D eigenvalue weighted by atomic mass is 9.83. The van der Waals surface area contributed by atoms with Crippen LogP contribution in [0.1, 0.15) is 64.2 Å². The molecule has 1 aromatic carbocycles. The van der Waals surface area contributed by atoms with Crippen molar-refractivity contribution in [1.82, 2.24) is 0 Å². The highest BCUT2D eigenvalue weighted by atomic mass is 16.3. The van der Waals surface area contributed by atoms with Gasteiger partial charge in [-0.15, -0.1) is 0 Å². The number of aliphatic hydroxyl groups is 1. The van der Waals surface area contributed by atoms with E-state index in [2.05, 4.69) is 0 Å². The number of benzene rings is 1. The third kappa shape index (κ3) is 2.35. The van der Waals surface area contributed by atoms with Crippen LogP contribution in [0.15, 0.2) is 18.2 Å². The lowest BCUT2D eigenvalue weighted by Crippen LogP contribution is -2.28. The molecule has 2 rings (SSSR count). The Balaban J connectivity index is 2.47. The third-order valence-electron chi connectivity index (χ3n) is 4.14. The molecular formula is C17H25NO2. The number of hydrogen-bond acceptors (Lipinski definition) is 2. The van der Waals surface area contributed by atoms with Gasteiger partial charge in [0, 0.05) is 12.2 Å². The molecule has 20 heavy (non-hydrogen) atoms. The summed E-state index contributed by atoms with van der Waals surface area (Å²) in [4.78, 5) is 14.2. The first-order valence-corrected chi connectivity index (χ1v) is 7.44. The molecule has 1 aromatic rings. The van der Waals surface area contributed by atoms with E-state index >= 15 is 0 Å². The molecule has 110 valence electrons. The van der Waals surface area contributed by atoms with E-state index in [9.17, 15) is 9.90 Å². The van der Waals surface area contributed by atoms with Gasteiger partial charge in [0.05, 0.1) is 12.0 Å². The number of aliphatic hydroxyl groups excluding tert-OH is 1. The monoisotopic (exact) mass is 275 g/mol. The fourth-order valence-electron chi connectivity index (χ4n) is 2.93.